The zero-order valence-corrected chi connectivity index (χ0v) is 10.6. The van der Waals surface area contributed by atoms with Crippen LogP contribution in [0.15, 0.2) is 59.7 Å². The zero-order valence-electron chi connectivity index (χ0n) is 10.6. The van der Waals surface area contributed by atoms with Crippen LogP contribution in [-0.4, -0.2) is 6.09 Å². The van der Waals surface area contributed by atoms with Crippen LogP contribution in [0.25, 0.3) is 10.4 Å². The second kappa shape index (κ2) is 6.82. The van der Waals surface area contributed by atoms with Crippen LogP contribution in [0.2, 0.25) is 0 Å². The second-order valence-corrected chi connectivity index (χ2v) is 3.93. The monoisotopic (exact) mass is 268 g/mol. The number of anilines is 1. The van der Waals surface area contributed by atoms with Crippen molar-refractivity contribution >= 4 is 17.5 Å². The van der Waals surface area contributed by atoms with Gasteiger partial charge in [-0.25, -0.2) is 4.79 Å². The lowest BCUT2D eigenvalue weighted by Crippen LogP contribution is -2.13. The molecule has 6 nitrogen and oxygen atoms in total. The lowest BCUT2D eigenvalue weighted by atomic mass is 10.2. The van der Waals surface area contributed by atoms with Gasteiger partial charge in [0, 0.05) is 16.3 Å². The van der Waals surface area contributed by atoms with Crippen molar-refractivity contribution in [2.24, 2.45) is 5.11 Å². The molecule has 0 spiro atoms. The Balaban J connectivity index is 1.91. The van der Waals surface area contributed by atoms with Gasteiger partial charge in [-0.3, -0.25) is 5.32 Å². The Morgan fingerprint density at radius 3 is 2.75 bits per heavy atom. The number of ether oxygens (including phenoxy) is 1. The highest BCUT2D eigenvalue weighted by Gasteiger charge is 2.03. The summed E-state index contributed by atoms with van der Waals surface area (Å²) < 4.78 is 5.08. The first-order valence-corrected chi connectivity index (χ1v) is 5.91. The van der Waals surface area contributed by atoms with Crippen LogP contribution in [-0.2, 0) is 11.3 Å². The van der Waals surface area contributed by atoms with Gasteiger partial charge >= 0.3 is 6.09 Å². The van der Waals surface area contributed by atoms with Gasteiger partial charge in [0.25, 0.3) is 0 Å². The normalized spacial score (nSPS) is 9.40. The molecule has 1 amide bonds. The molecule has 0 fully saturated rings. The van der Waals surface area contributed by atoms with Gasteiger partial charge < -0.3 is 4.74 Å². The first kappa shape index (κ1) is 13.5. The maximum Gasteiger partial charge on any atom is 0.411 e. The average Bonchev–Trinajstić information content (AvgIpc) is 2.47. The van der Waals surface area contributed by atoms with Crippen LogP contribution in [0.3, 0.4) is 0 Å². The van der Waals surface area contributed by atoms with E-state index in [9.17, 15) is 4.79 Å². The summed E-state index contributed by atoms with van der Waals surface area (Å²) in [5, 5.41) is 6.02. The smallest absolute Gasteiger partial charge is 0.411 e. The van der Waals surface area contributed by atoms with Crippen LogP contribution in [0.4, 0.5) is 16.2 Å². The highest BCUT2D eigenvalue weighted by molar-refractivity contribution is 5.85. The van der Waals surface area contributed by atoms with Gasteiger partial charge in [-0.15, -0.1) is 0 Å². The summed E-state index contributed by atoms with van der Waals surface area (Å²) >= 11 is 0. The van der Waals surface area contributed by atoms with E-state index in [1.165, 1.54) is 0 Å². The van der Waals surface area contributed by atoms with E-state index in [1.807, 2.05) is 30.3 Å². The van der Waals surface area contributed by atoms with Crippen LogP contribution >= 0.6 is 0 Å². The molecule has 1 N–H and O–H groups in total. The number of nitrogens with one attached hydrogen (secondary N) is 1. The predicted molar refractivity (Wildman–Crippen MR) is 75.5 cm³/mol. The summed E-state index contributed by atoms with van der Waals surface area (Å²) in [5.41, 5.74) is 10.2. The zero-order chi connectivity index (χ0) is 14.2. The molecule has 0 radical (unpaired) electrons. The fourth-order valence-corrected chi connectivity index (χ4v) is 1.57. The van der Waals surface area contributed by atoms with Crippen LogP contribution in [0.1, 0.15) is 5.56 Å². The first-order chi connectivity index (χ1) is 9.78. The van der Waals surface area contributed by atoms with Crippen molar-refractivity contribution in [2.75, 3.05) is 5.32 Å². The van der Waals surface area contributed by atoms with Gasteiger partial charge in [0.15, 0.2) is 0 Å². The molecule has 20 heavy (non-hydrogen) atoms. The van der Waals surface area contributed by atoms with Crippen molar-refractivity contribution in [2.45, 2.75) is 6.61 Å². The topological polar surface area (TPSA) is 87.1 Å². The quantitative estimate of drug-likeness (QED) is 0.506. The minimum Gasteiger partial charge on any atom is -0.444 e. The molecular formula is C14H12N4O2. The molecule has 0 aromatic heterocycles. The number of carbonyl (C=O) groups is 1. The van der Waals surface area contributed by atoms with E-state index < -0.39 is 6.09 Å². The number of hydrogen-bond acceptors (Lipinski definition) is 3. The molecule has 0 aliphatic heterocycles. The Hall–Kier alpha value is -2.98. The van der Waals surface area contributed by atoms with E-state index in [1.54, 1.807) is 24.3 Å². The third-order valence-corrected chi connectivity index (χ3v) is 2.47. The lowest BCUT2D eigenvalue weighted by Gasteiger charge is -2.07. The van der Waals surface area contributed by atoms with E-state index in [4.69, 9.17) is 10.3 Å². The van der Waals surface area contributed by atoms with Gasteiger partial charge in [0.05, 0.1) is 0 Å². The number of carbonyl (C=O) groups excluding carboxylic acids is 1. The summed E-state index contributed by atoms with van der Waals surface area (Å²) in [5.74, 6) is 0. The lowest BCUT2D eigenvalue weighted by molar-refractivity contribution is 0.155. The van der Waals surface area contributed by atoms with Gasteiger partial charge in [0.1, 0.15) is 6.61 Å². The number of benzene rings is 2. The molecule has 0 unspecified atom stereocenters. The van der Waals surface area contributed by atoms with E-state index in [0.29, 0.717) is 11.4 Å². The highest BCUT2D eigenvalue weighted by Crippen LogP contribution is 2.18. The number of amides is 1. The van der Waals surface area contributed by atoms with Gasteiger partial charge in [0.2, 0.25) is 0 Å². The Kier molecular flexibility index (Phi) is 4.59. The minimum absolute atomic E-state index is 0.197. The number of azide groups is 1. The fraction of sp³-hybridized carbons (Fsp3) is 0.0714. The molecule has 2 aromatic rings. The molecular weight excluding hydrogens is 256 g/mol. The summed E-state index contributed by atoms with van der Waals surface area (Å²) in [6.07, 6.45) is -0.563. The Morgan fingerprint density at radius 1 is 1.20 bits per heavy atom. The van der Waals surface area contributed by atoms with Crippen LogP contribution < -0.4 is 5.32 Å². The van der Waals surface area contributed by atoms with Gasteiger partial charge in [-0.2, -0.15) is 0 Å². The summed E-state index contributed by atoms with van der Waals surface area (Å²) in [6.45, 7) is 0.197. The van der Waals surface area contributed by atoms with Crippen molar-refractivity contribution in [3.63, 3.8) is 0 Å². The molecule has 0 saturated heterocycles. The SMILES string of the molecule is [N-]=[N+]=Nc1cccc(NC(=O)OCc2ccccc2)c1. The Labute approximate surface area is 115 Å². The molecule has 2 rings (SSSR count). The highest BCUT2D eigenvalue weighted by atomic mass is 16.5. The van der Waals surface area contributed by atoms with Gasteiger partial charge in [-0.1, -0.05) is 47.6 Å². The third kappa shape index (κ3) is 4.04. The summed E-state index contributed by atoms with van der Waals surface area (Å²) in [4.78, 5) is 14.3. The fourth-order valence-electron chi connectivity index (χ4n) is 1.57. The van der Waals surface area contributed by atoms with Crippen LogP contribution in [0, 0.1) is 0 Å². The second-order valence-electron chi connectivity index (χ2n) is 3.93. The molecule has 0 aliphatic carbocycles. The molecule has 2 aromatic carbocycles. The first-order valence-electron chi connectivity index (χ1n) is 5.91. The summed E-state index contributed by atoms with van der Waals surface area (Å²) in [6, 6.07) is 15.9. The Bertz CT molecular complexity index is 637. The number of nitrogens with zero attached hydrogens (tertiary/aromatic N) is 3. The van der Waals surface area contributed by atoms with Crippen molar-refractivity contribution in [3.8, 4) is 0 Å². The van der Waals surface area contributed by atoms with E-state index in [2.05, 4.69) is 15.3 Å². The number of rotatable bonds is 4. The van der Waals surface area contributed by atoms with Crippen molar-refractivity contribution in [1.29, 1.82) is 0 Å². The molecule has 0 saturated carbocycles. The maximum atomic E-state index is 11.6. The molecule has 0 bridgehead atoms. The van der Waals surface area contributed by atoms with Crippen molar-refractivity contribution in [1.82, 2.24) is 0 Å². The van der Waals surface area contributed by atoms with Crippen molar-refractivity contribution < 1.29 is 9.53 Å². The van der Waals surface area contributed by atoms with Crippen LogP contribution in [0.5, 0.6) is 0 Å². The van der Waals surface area contributed by atoms with Crippen molar-refractivity contribution in [3.05, 3.63) is 70.6 Å². The Morgan fingerprint density at radius 2 is 2.00 bits per heavy atom. The molecule has 0 atom stereocenters. The third-order valence-electron chi connectivity index (χ3n) is 2.47. The standard InChI is InChI=1S/C14H12N4O2/c15-18-17-13-8-4-7-12(9-13)16-14(19)20-10-11-5-2-1-3-6-11/h1-9H,10H2,(H,16,19). The molecule has 0 aliphatic rings. The van der Waals surface area contributed by atoms with E-state index in [0.717, 1.165) is 5.56 Å². The maximum absolute atomic E-state index is 11.6. The number of hydrogen-bond donors (Lipinski definition) is 1. The summed E-state index contributed by atoms with van der Waals surface area (Å²) in [7, 11) is 0. The molecule has 100 valence electrons. The van der Waals surface area contributed by atoms with Gasteiger partial charge in [-0.05, 0) is 23.2 Å². The molecule has 0 heterocycles. The minimum atomic E-state index is -0.563. The van der Waals surface area contributed by atoms with E-state index in [-0.39, 0.29) is 6.61 Å². The van der Waals surface area contributed by atoms with E-state index >= 15 is 0 Å². The average molecular weight is 268 g/mol. The largest absolute Gasteiger partial charge is 0.444 e. The predicted octanol–water partition coefficient (Wildman–Crippen LogP) is 4.38. The molecule has 6 heteroatoms.